The molecule has 1 aliphatic rings. The molecule has 1 aromatic carbocycles. The van der Waals surface area contributed by atoms with Gasteiger partial charge in [0.1, 0.15) is 0 Å². The number of rotatable bonds is 5. The number of hydrogen-bond donors (Lipinski definition) is 1. The molecule has 4 heteroatoms. The molecule has 1 aromatic rings. The Morgan fingerprint density at radius 3 is 2.21 bits per heavy atom. The molecule has 3 nitrogen and oxygen atoms in total. The molecule has 106 valence electrons. The van der Waals surface area contributed by atoms with E-state index in [0.29, 0.717) is 4.90 Å². The SMILES string of the molecule is CCC1(CC)CC[C@@H]1NS(=O)(=O)c1ccc(C)cc1. The van der Waals surface area contributed by atoms with Crippen molar-refractivity contribution in [3.05, 3.63) is 29.8 Å². The zero-order chi connectivity index (χ0) is 14.1. The molecule has 0 saturated heterocycles. The van der Waals surface area contributed by atoms with Crippen molar-refractivity contribution in [2.45, 2.75) is 57.4 Å². The minimum atomic E-state index is -3.38. The van der Waals surface area contributed by atoms with Gasteiger partial charge >= 0.3 is 0 Å². The van der Waals surface area contributed by atoms with Gasteiger partial charge in [0.15, 0.2) is 0 Å². The van der Waals surface area contributed by atoms with Crippen molar-refractivity contribution in [1.82, 2.24) is 4.72 Å². The smallest absolute Gasteiger partial charge is 0.208 e. The van der Waals surface area contributed by atoms with E-state index in [0.717, 1.165) is 31.2 Å². The highest BCUT2D eigenvalue weighted by molar-refractivity contribution is 7.89. The monoisotopic (exact) mass is 281 g/mol. The summed E-state index contributed by atoms with van der Waals surface area (Å²) in [6, 6.07) is 7.12. The third kappa shape index (κ3) is 2.70. The molecule has 1 atom stereocenters. The molecule has 0 heterocycles. The van der Waals surface area contributed by atoms with E-state index in [4.69, 9.17) is 0 Å². The second kappa shape index (κ2) is 5.25. The molecule has 0 amide bonds. The molecule has 2 rings (SSSR count). The number of nitrogens with one attached hydrogen (secondary N) is 1. The summed E-state index contributed by atoms with van der Waals surface area (Å²) in [5.74, 6) is 0. The van der Waals surface area contributed by atoms with Crippen LogP contribution in [0.1, 0.15) is 45.1 Å². The molecule has 0 aliphatic heterocycles. The first kappa shape index (κ1) is 14.5. The summed E-state index contributed by atoms with van der Waals surface area (Å²) >= 11 is 0. The van der Waals surface area contributed by atoms with Crippen LogP contribution in [-0.4, -0.2) is 14.5 Å². The van der Waals surface area contributed by atoms with Crippen molar-refractivity contribution >= 4 is 10.0 Å². The number of hydrogen-bond acceptors (Lipinski definition) is 2. The van der Waals surface area contributed by atoms with E-state index in [1.54, 1.807) is 12.1 Å². The largest absolute Gasteiger partial charge is 0.240 e. The molecule has 1 saturated carbocycles. The molecule has 19 heavy (non-hydrogen) atoms. The third-order valence-corrected chi connectivity index (χ3v) is 6.19. The first-order chi connectivity index (χ1) is 8.93. The van der Waals surface area contributed by atoms with Crippen LogP contribution < -0.4 is 4.72 Å². The van der Waals surface area contributed by atoms with Gasteiger partial charge in [-0.1, -0.05) is 31.5 Å². The number of sulfonamides is 1. The van der Waals surface area contributed by atoms with Gasteiger partial charge in [0.25, 0.3) is 0 Å². The van der Waals surface area contributed by atoms with Crippen LogP contribution in [0.3, 0.4) is 0 Å². The fraction of sp³-hybridized carbons (Fsp3) is 0.600. The average Bonchev–Trinajstić information content (AvgIpc) is 2.37. The van der Waals surface area contributed by atoms with E-state index in [1.807, 2.05) is 19.1 Å². The lowest BCUT2D eigenvalue weighted by Gasteiger charge is -2.49. The Labute approximate surface area is 116 Å². The second-order valence-corrected chi connectivity index (χ2v) is 7.31. The molecule has 0 unspecified atom stereocenters. The highest BCUT2D eigenvalue weighted by atomic mass is 32.2. The van der Waals surface area contributed by atoms with Crippen molar-refractivity contribution < 1.29 is 8.42 Å². The Hall–Kier alpha value is -0.870. The van der Waals surface area contributed by atoms with Crippen LogP contribution in [0.25, 0.3) is 0 Å². The van der Waals surface area contributed by atoms with Gasteiger partial charge in [-0.3, -0.25) is 0 Å². The van der Waals surface area contributed by atoms with E-state index in [1.165, 1.54) is 0 Å². The van der Waals surface area contributed by atoms with E-state index >= 15 is 0 Å². The molecular formula is C15H23NO2S. The Morgan fingerprint density at radius 2 is 1.79 bits per heavy atom. The molecular weight excluding hydrogens is 258 g/mol. The maximum absolute atomic E-state index is 12.4. The van der Waals surface area contributed by atoms with Gasteiger partial charge in [0, 0.05) is 6.04 Å². The first-order valence-corrected chi connectivity index (χ1v) is 8.51. The van der Waals surface area contributed by atoms with Crippen LogP contribution in [0.4, 0.5) is 0 Å². The van der Waals surface area contributed by atoms with Crippen molar-refractivity contribution in [3.63, 3.8) is 0 Å². The average molecular weight is 281 g/mol. The standard InChI is InChI=1S/C15H23NO2S/c1-4-15(5-2)11-10-14(15)16-19(17,18)13-8-6-12(3)7-9-13/h6-9,14,16H,4-5,10-11H2,1-3H3/t14-/m0/s1. The topological polar surface area (TPSA) is 46.2 Å². The van der Waals surface area contributed by atoms with E-state index in [2.05, 4.69) is 18.6 Å². The highest BCUT2D eigenvalue weighted by Crippen LogP contribution is 2.47. The molecule has 0 bridgehead atoms. The van der Waals surface area contributed by atoms with Gasteiger partial charge < -0.3 is 0 Å². The maximum Gasteiger partial charge on any atom is 0.240 e. The lowest BCUT2D eigenvalue weighted by Crippen LogP contribution is -2.54. The fourth-order valence-electron chi connectivity index (χ4n) is 2.95. The zero-order valence-corrected chi connectivity index (χ0v) is 12.8. The van der Waals surface area contributed by atoms with E-state index in [9.17, 15) is 8.42 Å². The van der Waals surface area contributed by atoms with Crippen molar-refractivity contribution in [1.29, 1.82) is 0 Å². The van der Waals surface area contributed by atoms with Crippen molar-refractivity contribution in [2.24, 2.45) is 5.41 Å². The first-order valence-electron chi connectivity index (χ1n) is 7.02. The molecule has 0 radical (unpaired) electrons. The Kier molecular flexibility index (Phi) is 4.02. The van der Waals surface area contributed by atoms with Gasteiger partial charge in [0.2, 0.25) is 10.0 Å². The fourth-order valence-corrected chi connectivity index (χ4v) is 4.32. The third-order valence-electron chi connectivity index (χ3n) is 4.71. The summed E-state index contributed by atoms with van der Waals surface area (Å²) < 4.78 is 27.6. The maximum atomic E-state index is 12.4. The summed E-state index contributed by atoms with van der Waals surface area (Å²) in [5, 5.41) is 0. The molecule has 1 fully saturated rings. The van der Waals surface area contributed by atoms with Gasteiger partial charge in [-0.25, -0.2) is 13.1 Å². The Bertz CT molecular complexity index is 524. The summed E-state index contributed by atoms with van der Waals surface area (Å²) in [4.78, 5) is 0.367. The van der Waals surface area contributed by atoms with Crippen LogP contribution in [0, 0.1) is 12.3 Å². The lowest BCUT2D eigenvalue weighted by molar-refractivity contribution is 0.0712. The summed E-state index contributed by atoms with van der Waals surface area (Å²) in [5.41, 5.74) is 1.23. The van der Waals surface area contributed by atoms with Crippen molar-refractivity contribution in [2.75, 3.05) is 0 Å². The predicted molar refractivity (Wildman–Crippen MR) is 77.5 cm³/mol. The molecule has 0 spiro atoms. The lowest BCUT2D eigenvalue weighted by atomic mass is 9.62. The van der Waals surface area contributed by atoms with Gasteiger partial charge in [0.05, 0.1) is 4.90 Å². The van der Waals surface area contributed by atoms with Crippen LogP contribution in [0.15, 0.2) is 29.2 Å². The van der Waals surface area contributed by atoms with E-state index in [-0.39, 0.29) is 11.5 Å². The van der Waals surface area contributed by atoms with E-state index < -0.39 is 10.0 Å². The normalized spacial score (nSPS) is 21.9. The minimum Gasteiger partial charge on any atom is -0.208 e. The number of aryl methyl sites for hydroxylation is 1. The van der Waals surface area contributed by atoms with Gasteiger partial charge in [-0.15, -0.1) is 0 Å². The molecule has 0 aromatic heterocycles. The predicted octanol–water partition coefficient (Wildman–Crippen LogP) is 3.24. The van der Waals surface area contributed by atoms with Crippen LogP contribution in [-0.2, 0) is 10.0 Å². The van der Waals surface area contributed by atoms with Gasteiger partial charge in [-0.2, -0.15) is 0 Å². The summed E-state index contributed by atoms with van der Waals surface area (Å²) in [6.07, 6.45) is 4.14. The number of benzene rings is 1. The van der Waals surface area contributed by atoms with Crippen LogP contribution >= 0.6 is 0 Å². The van der Waals surface area contributed by atoms with Crippen molar-refractivity contribution in [3.8, 4) is 0 Å². The molecule has 1 N–H and O–H groups in total. The highest BCUT2D eigenvalue weighted by Gasteiger charge is 2.45. The summed E-state index contributed by atoms with van der Waals surface area (Å²) in [6.45, 7) is 6.25. The quantitative estimate of drug-likeness (QED) is 0.900. The van der Waals surface area contributed by atoms with Gasteiger partial charge in [-0.05, 0) is 50.2 Å². The Morgan fingerprint density at radius 1 is 1.21 bits per heavy atom. The van der Waals surface area contributed by atoms with Crippen LogP contribution in [0.2, 0.25) is 0 Å². The second-order valence-electron chi connectivity index (χ2n) is 5.60. The Balaban J connectivity index is 2.16. The zero-order valence-electron chi connectivity index (χ0n) is 11.9. The summed E-state index contributed by atoms with van der Waals surface area (Å²) in [7, 11) is -3.38. The van der Waals surface area contributed by atoms with Crippen LogP contribution in [0.5, 0.6) is 0 Å². The minimum absolute atomic E-state index is 0.0915. The molecule has 1 aliphatic carbocycles.